The molecule has 0 heterocycles. The molecule has 0 radical (unpaired) electrons. The molecule has 5 heteroatoms. The average Bonchev–Trinajstić information content (AvgIpc) is 2.07. The van der Waals surface area contributed by atoms with Gasteiger partial charge in [-0.2, -0.15) is 0 Å². The molecule has 13 heavy (non-hydrogen) atoms. The summed E-state index contributed by atoms with van der Waals surface area (Å²) in [5, 5.41) is 0.328. The topological polar surface area (TPSA) is 69.1 Å². The number of carbonyl (C=O) groups excluding carboxylic acids is 1. The third-order valence-electron chi connectivity index (χ3n) is 1.69. The zero-order valence-electron chi connectivity index (χ0n) is 6.90. The lowest BCUT2D eigenvalue weighted by Crippen LogP contribution is -2.14. The van der Waals surface area contributed by atoms with Crippen molar-refractivity contribution in [2.45, 2.75) is 6.92 Å². The number of primary amides is 1. The lowest BCUT2D eigenvalue weighted by atomic mass is 10.1. The molecular weight excluding hydrogens is 255 g/mol. The molecule has 3 nitrogen and oxygen atoms in total. The molecule has 0 fully saturated rings. The summed E-state index contributed by atoms with van der Waals surface area (Å²) in [5.41, 5.74) is 12.0. The van der Waals surface area contributed by atoms with Crippen molar-refractivity contribution in [1.29, 1.82) is 0 Å². The Hall–Kier alpha value is -0.740. The first kappa shape index (κ1) is 10.3. The van der Waals surface area contributed by atoms with Gasteiger partial charge in [0.15, 0.2) is 0 Å². The number of aryl methyl sites for hydroxylation is 1. The number of amides is 1. The number of carbonyl (C=O) groups is 1. The van der Waals surface area contributed by atoms with Crippen LogP contribution in [0.15, 0.2) is 10.5 Å². The summed E-state index contributed by atoms with van der Waals surface area (Å²) in [6.07, 6.45) is 0. The minimum Gasteiger partial charge on any atom is -0.397 e. The van der Waals surface area contributed by atoms with Crippen molar-refractivity contribution in [2.75, 3.05) is 5.73 Å². The van der Waals surface area contributed by atoms with Crippen LogP contribution in [0.5, 0.6) is 0 Å². The van der Waals surface area contributed by atoms with E-state index in [1.54, 1.807) is 6.07 Å². The lowest BCUT2D eigenvalue weighted by Gasteiger charge is -2.08. The third-order valence-corrected chi connectivity index (χ3v) is 3.33. The van der Waals surface area contributed by atoms with Crippen molar-refractivity contribution in [2.24, 2.45) is 5.73 Å². The normalized spacial score (nSPS) is 10.1. The van der Waals surface area contributed by atoms with E-state index in [0.717, 1.165) is 5.56 Å². The highest BCUT2D eigenvalue weighted by Crippen LogP contribution is 2.33. The van der Waals surface area contributed by atoms with E-state index in [1.165, 1.54) is 0 Å². The quantitative estimate of drug-likeness (QED) is 0.762. The van der Waals surface area contributed by atoms with Crippen LogP contribution in [0.1, 0.15) is 15.9 Å². The van der Waals surface area contributed by atoms with Crippen molar-refractivity contribution < 1.29 is 4.79 Å². The van der Waals surface area contributed by atoms with Gasteiger partial charge in [-0.1, -0.05) is 11.6 Å². The van der Waals surface area contributed by atoms with Crippen molar-refractivity contribution in [1.82, 2.24) is 0 Å². The molecule has 1 aromatic rings. The van der Waals surface area contributed by atoms with E-state index in [2.05, 4.69) is 15.9 Å². The number of hydrogen-bond acceptors (Lipinski definition) is 2. The zero-order chi connectivity index (χ0) is 10.2. The molecule has 0 atom stereocenters. The second-order valence-electron chi connectivity index (χ2n) is 2.65. The SMILES string of the molecule is Cc1cc(C(N)=O)c(N)c(Cl)c1Br. The minimum absolute atomic E-state index is 0.214. The number of rotatable bonds is 1. The van der Waals surface area contributed by atoms with E-state index in [1.807, 2.05) is 6.92 Å². The van der Waals surface area contributed by atoms with Gasteiger partial charge in [0.2, 0.25) is 0 Å². The molecule has 0 aliphatic rings. The standard InChI is InChI=1S/C8H8BrClN2O/c1-3-2-4(8(12)13)7(11)6(10)5(3)9/h2H,11H2,1H3,(H2,12,13). The zero-order valence-corrected chi connectivity index (χ0v) is 9.24. The Morgan fingerprint density at radius 1 is 1.62 bits per heavy atom. The summed E-state index contributed by atoms with van der Waals surface area (Å²) < 4.78 is 0.691. The first-order chi connectivity index (χ1) is 5.95. The van der Waals surface area contributed by atoms with E-state index in [4.69, 9.17) is 23.1 Å². The summed E-state index contributed by atoms with van der Waals surface area (Å²) >= 11 is 9.10. The van der Waals surface area contributed by atoms with Gasteiger partial charge < -0.3 is 11.5 Å². The molecule has 0 unspecified atom stereocenters. The highest BCUT2D eigenvalue weighted by atomic mass is 79.9. The number of nitrogens with two attached hydrogens (primary N) is 2. The van der Waals surface area contributed by atoms with Gasteiger partial charge in [-0.05, 0) is 34.5 Å². The fourth-order valence-electron chi connectivity index (χ4n) is 0.971. The van der Waals surface area contributed by atoms with Gasteiger partial charge in [0.1, 0.15) is 0 Å². The monoisotopic (exact) mass is 262 g/mol. The van der Waals surface area contributed by atoms with Crippen LogP contribution in [0, 0.1) is 6.92 Å². The number of benzene rings is 1. The molecule has 0 aromatic heterocycles. The van der Waals surface area contributed by atoms with Crippen LogP contribution in [0.4, 0.5) is 5.69 Å². The second-order valence-corrected chi connectivity index (χ2v) is 3.82. The van der Waals surface area contributed by atoms with Gasteiger partial charge in [-0.15, -0.1) is 0 Å². The first-order valence-corrected chi connectivity index (χ1v) is 4.66. The van der Waals surface area contributed by atoms with Gasteiger partial charge >= 0.3 is 0 Å². The van der Waals surface area contributed by atoms with Gasteiger partial charge in [0.25, 0.3) is 5.91 Å². The smallest absolute Gasteiger partial charge is 0.250 e. The van der Waals surface area contributed by atoms with Crippen molar-refractivity contribution in [3.05, 3.63) is 26.7 Å². The van der Waals surface area contributed by atoms with E-state index >= 15 is 0 Å². The van der Waals surface area contributed by atoms with Crippen LogP contribution in [0.25, 0.3) is 0 Å². The summed E-state index contributed by atoms with van der Waals surface area (Å²) in [7, 11) is 0. The summed E-state index contributed by atoms with van der Waals surface area (Å²) in [4.78, 5) is 10.9. The highest BCUT2D eigenvalue weighted by Gasteiger charge is 2.13. The van der Waals surface area contributed by atoms with Gasteiger partial charge in [-0.3, -0.25) is 4.79 Å². The summed E-state index contributed by atoms with van der Waals surface area (Å²) in [6.45, 7) is 1.81. The fourth-order valence-corrected chi connectivity index (χ4v) is 1.55. The Bertz CT molecular complexity index is 379. The largest absolute Gasteiger partial charge is 0.397 e. The Balaban J connectivity index is 3.50. The molecule has 0 bridgehead atoms. The van der Waals surface area contributed by atoms with Crippen molar-refractivity contribution >= 4 is 39.1 Å². The Morgan fingerprint density at radius 2 is 2.15 bits per heavy atom. The lowest BCUT2D eigenvalue weighted by molar-refractivity contribution is 0.100. The maximum absolute atomic E-state index is 10.9. The Kier molecular flexibility index (Phi) is 2.83. The molecule has 0 aliphatic heterocycles. The van der Waals surface area contributed by atoms with E-state index < -0.39 is 5.91 Å². The maximum atomic E-state index is 10.9. The molecule has 1 rings (SSSR count). The molecule has 1 amide bonds. The predicted molar refractivity (Wildman–Crippen MR) is 56.8 cm³/mol. The molecule has 0 aliphatic carbocycles. The molecule has 1 aromatic carbocycles. The minimum atomic E-state index is -0.574. The van der Waals surface area contributed by atoms with Crippen LogP contribution in [-0.2, 0) is 0 Å². The number of hydrogen-bond donors (Lipinski definition) is 2. The Labute approximate surface area is 89.2 Å². The van der Waals surface area contributed by atoms with Gasteiger partial charge in [0.05, 0.1) is 16.3 Å². The molecular formula is C8H8BrClN2O. The van der Waals surface area contributed by atoms with Crippen molar-refractivity contribution in [3.8, 4) is 0 Å². The molecule has 4 N–H and O–H groups in total. The average molecular weight is 264 g/mol. The van der Waals surface area contributed by atoms with E-state index in [9.17, 15) is 4.79 Å². The second kappa shape index (κ2) is 3.55. The maximum Gasteiger partial charge on any atom is 0.250 e. The first-order valence-electron chi connectivity index (χ1n) is 3.49. The van der Waals surface area contributed by atoms with Gasteiger partial charge in [0, 0.05) is 4.47 Å². The third kappa shape index (κ3) is 1.78. The Morgan fingerprint density at radius 3 is 2.62 bits per heavy atom. The number of halogens is 2. The predicted octanol–water partition coefficient (Wildman–Crippen LogP) is 2.09. The highest BCUT2D eigenvalue weighted by molar-refractivity contribution is 9.10. The van der Waals surface area contributed by atoms with Crippen LogP contribution in [0.2, 0.25) is 5.02 Å². The van der Waals surface area contributed by atoms with E-state index in [0.29, 0.717) is 9.50 Å². The molecule has 0 spiro atoms. The summed E-state index contributed by atoms with van der Waals surface area (Å²) in [5.74, 6) is -0.574. The number of nitrogen functional groups attached to an aromatic ring is 1. The van der Waals surface area contributed by atoms with Crippen LogP contribution >= 0.6 is 27.5 Å². The van der Waals surface area contributed by atoms with Crippen LogP contribution in [0.3, 0.4) is 0 Å². The van der Waals surface area contributed by atoms with Crippen molar-refractivity contribution in [3.63, 3.8) is 0 Å². The fraction of sp³-hybridized carbons (Fsp3) is 0.125. The van der Waals surface area contributed by atoms with Crippen LogP contribution in [-0.4, -0.2) is 5.91 Å². The molecule has 0 saturated heterocycles. The van der Waals surface area contributed by atoms with E-state index in [-0.39, 0.29) is 11.3 Å². The van der Waals surface area contributed by atoms with Gasteiger partial charge in [-0.25, -0.2) is 0 Å². The molecule has 70 valence electrons. The number of anilines is 1. The van der Waals surface area contributed by atoms with Crippen LogP contribution < -0.4 is 11.5 Å². The summed E-state index contributed by atoms with van der Waals surface area (Å²) in [6, 6.07) is 1.60. The molecule has 0 saturated carbocycles.